The average molecular weight is 320 g/mol. The van der Waals surface area contributed by atoms with Crippen LogP contribution in [0.15, 0.2) is 46.9 Å². The predicted molar refractivity (Wildman–Crippen MR) is 78.7 cm³/mol. The number of phenolic OH excluding ortho intramolecular Hbond substituents is 1. The number of halogens is 1. The van der Waals surface area contributed by atoms with E-state index in [4.69, 9.17) is 4.74 Å². The molecule has 1 aliphatic rings. The van der Waals surface area contributed by atoms with Crippen LogP contribution in [0, 0.1) is 0 Å². The molecule has 19 heavy (non-hydrogen) atoms. The van der Waals surface area contributed by atoms with Crippen molar-refractivity contribution in [3.05, 3.63) is 52.5 Å². The summed E-state index contributed by atoms with van der Waals surface area (Å²) in [6.45, 7) is 0.700. The quantitative estimate of drug-likeness (QED) is 0.876. The Balaban J connectivity index is 1.89. The van der Waals surface area contributed by atoms with Gasteiger partial charge >= 0.3 is 0 Å². The summed E-state index contributed by atoms with van der Waals surface area (Å²) >= 11 is 3.49. The second-order valence-corrected chi connectivity index (χ2v) is 5.48. The molecule has 4 heteroatoms. The molecule has 1 heterocycles. The van der Waals surface area contributed by atoms with E-state index in [0.29, 0.717) is 6.61 Å². The highest BCUT2D eigenvalue weighted by Gasteiger charge is 2.21. The number of aromatic hydroxyl groups is 1. The summed E-state index contributed by atoms with van der Waals surface area (Å²) in [6, 6.07) is 13.4. The van der Waals surface area contributed by atoms with Crippen molar-refractivity contribution >= 4 is 21.6 Å². The Labute approximate surface area is 120 Å². The van der Waals surface area contributed by atoms with Gasteiger partial charge in [-0.15, -0.1) is 0 Å². The minimum absolute atomic E-state index is 0.197. The van der Waals surface area contributed by atoms with E-state index >= 15 is 0 Å². The van der Waals surface area contributed by atoms with Crippen LogP contribution in [-0.4, -0.2) is 11.7 Å². The Morgan fingerprint density at radius 1 is 1.21 bits per heavy atom. The summed E-state index contributed by atoms with van der Waals surface area (Å²) in [5, 5.41) is 13.0. The van der Waals surface area contributed by atoms with Crippen molar-refractivity contribution in [3.8, 4) is 11.5 Å². The van der Waals surface area contributed by atoms with Crippen LogP contribution in [0.1, 0.15) is 18.0 Å². The van der Waals surface area contributed by atoms with Crippen molar-refractivity contribution in [1.29, 1.82) is 0 Å². The third-order valence-electron chi connectivity index (χ3n) is 3.20. The Hall–Kier alpha value is -1.68. The molecule has 0 radical (unpaired) electrons. The number of hydrogen-bond acceptors (Lipinski definition) is 3. The number of phenols is 1. The molecule has 2 N–H and O–H groups in total. The van der Waals surface area contributed by atoms with Gasteiger partial charge in [0.1, 0.15) is 11.5 Å². The molecule has 1 atom stereocenters. The number of nitrogens with one attached hydrogen (secondary N) is 1. The topological polar surface area (TPSA) is 41.5 Å². The minimum Gasteiger partial charge on any atom is -0.508 e. The van der Waals surface area contributed by atoms with Gasteiger partial charge in [0.2, 0.25) is 0 Å². The van der Waals surface area contributed by atoms with Crippen molar-refractivity contribution < 1.29 is 9.84 Å². The molecule has 2 aromatic rings. The molecule has 0 saturated carbocycles. The first-order valence-corrected chi connectivity index (χ1v) is 6.99. The summed E-state index contributed by atoms with van der Waals surface area (Å²) in [5.41, 5.74) is 2.06. The van der Waals surface area contributed by atoms with Crippen LogP contribution in [0.2, 0.25) is 0 Å². The fraction of sp³-hybridized carbons (Fsp3) is 0.200. The van der Waals surface area contributed by atoms with Crippen LogP contribution in [0.25, 0.3) is 0 Å². The monoisotopic (exact) mass is 319 g/mol. The molecule has 0 saturated heterocycles. The number of benzene rings is 2. The van der Waals surface area contributed by atoms with Crippen molar-refractivity contribution in [2.45, 2.75) is 12.5 Å². The van der Waals surface area contributed by atoms with Crippen molar-refractivity contribution in [1.82, 2.24) is 0 Å². The minimum atomic E-state index is 0.197. The van der Waals surface area contributed by atoms with Crippen molar-refractivity contribution in [2.24, 2.45) is 0 Å². The number of fused-ring (bicyclic) bond motifs is 1. The number of ether oxygens (including phenoxy) is 1. The molecule has 3 rings (SSSR count). The second kappa shape index (κ2) is 5.13. The van der Waals surface area contributed by atoms with Crippen LogP contribution in [0.5, 0.6) is 11.5 Å². The Bertz CT molecular complexity index is 600. The van der Waals surface area contributed by atoms with E-state index in [-0.39, 0.29) is 11.8 Å². The average Bonchev–Trinajstić information content (AvgIpc) is 2.39. The molecule has 0 fully saturated rings. The lowest BCUT2D eigenvalue weighted by atomic mass is 10.0. The smallest absolute Gasteiger partial charge is 0.124 e. The first-order valence-electron chi connectivity index (χ1n) is 6.20. The first kappa shape index (κ1) is 12.4. The molecular formula is C15H14BrNO2. The van der Waals surface area contributed by atoms with Crippen LogP contribution in [0.4, 0.5) is 5.69 Å². The van der Waals surface area contributed by atoms with E-state index in [1.807, 2.05) is 24.3 Å². The lowest BCUT2D eigenvalue weighted by molar-refractivity contribution is 0.274. The lowest BCUT2D eigenvalue weighted by Crippen LogP contribution is -2.20. The maximum Gasteiger partial charge on any atom is 0.124 e. The number of anilines is 1. The van der Waals surface area contributed by atoms with E-state index in [9.17, 15) is 5.11 Å². The Morgan fingerprint density at radius 3 is 2.95 bits per heavy atom. The first-order chi connectivity index (χ1) is 9.22. The number of rotatable bonds is 2. The van der Waals surface area contributed by atoms with E-state index < -0.39 is 0 Å². The van der Waals surface area contributed by atoms with Gasteiger partial charge < -0.3 is 15.2 Å². The van der Waals surface area contributed by atoms with Gasteiger partial charge in [-0.05, 0) is 30.3 Å². The Morgan fingerprint density at radius 2 is 2.11 bits per heavy atom. The highest BCUT2D eigenvalue weighted by atomic mass is 79.9. The molecule has 0 aromatic heterocycles. The highest BCUT2D eigenvalue weighted by molar-refractivity contribution is 9.10. The standard InChI is InChI=1S/C15H14BrNO2/c16-10-4-5-15-13(8-10)14(6-7-19-15)17-11-2-1-3-12(18)9-11/h1-5,8-9,14,17-18H,6-7H2. The summed E-state index contributed by atoms with van der Waals surface area (Å²) in [4.78, 5) is 0. The summed E-state index contributed by atoms with van der Waals surface area (Å²) in [5.74, 6) is 1.19. The van der Waals surface area contributed by atoms with Crippen molar-refractivity contribution in [3.63, 3.8) is 0 Å². The van der Waals surface area contributed by atoms with Gasteiger partial charge in [-0.3, -0.25) is 0 Å². The molecule has 1 unspecified atom stereocenters. The van der Waals surface area contributed by atoms with Gasteiger partial charge in [0.15, 0.2) is 0 Å². The fourth-order valence-electron chi connectivity index (χ4n) is 2.31. The van der Waals surface area contributed by atoms with Gasteiger partial charge in [0.25, 0.3) is 0 Å². The van der Waals surface area contributed by atoms with E-state index in [1.54, 1.807) is 12.1 Å². The molecule has 3 nitrogen and oxygen atoms in total. The maximum absolute atomic E-state index is 9.51. The summed E-state index contributed by atoms with van der Waals surface area (Å²) in [7, 11) is 0. The van der Waals surface area contributed by atoms with E-state index in [0.717, 1.165) is 27.9 Å². The molecular weight excluding hydrogens is 306 g/mol. The molecule has 0 aliphatic carbocycles. The van der Waals surface area contributed by atoms with E-state index in [2.05, 4.69) is 27.3 Å². The fourth-order valence-corrected chi connectivity index (χ4v) is 2.69. The summed E-state index contributed by atoms with van der Waals surface area (Å²) < 4.78 is 6.70. The highest BCUT2D eigenvalue weighted by Crippen LogP contribution is 2.36. The SMILES string of the molecule is Oc1cccc(NC2CCOc3ccc(Br)cc32)c1. The van der Waals surface area contributed by atoms with Gasteiger partial charge in [-0.25, -0.2) is 0 Å². The lowest BCUT2D eigenvalue weighted by Gasteiger charge is -2.27. The van der Waals surface area contributed by atoms with Gasteiger partial charge in [-0.1, -0.05) is 22.0 Å². The molecule has 0 bridgehead atoms. The molecule has 1 aliphatic heterocycles. The molecule has 0 amide bonds. The zero-order chi connectivity index (χ0) is 13.2. The van der Waals surface area contributed by atoms with Crippen LogP contribution in [-0.2, 0) is 0 Å². The molecule has 2 aromatic carbocycles. The number of hydrogen-bond donors (Lipinski definition) is 2. The second-order valence-electron chi connectivity index (χ2n) is 4.57. The largest absolute Gasteiger partial charge is 0.508 e. The zero-order valence-electron chi connectivity index (χ0n) is 10.3. The third kappa shape index (κ3) is 2.68. The van der Waals surface area contributed by atoms with E-state index in [1.165, 1.54) is 0 Å². The maximum atomic E-state index is 9.51. The normalized spacial score (nSPS) is 17.4. The third-order valence-corrected chi connectivity index (χ3v) is 3.69. The van der Waals surface area contributed by atoms with Gasteiger partial charge in [0.05, 0.1) is 12.6 Å². The molecule has 98 valence electrons. The molecule has 0 spiro atoms. The summed E-state index contributed by atoms with van der Waals surface area (Å²) in [6.07, 6.45) is 0.902. The van der Waals surface area contributed by atoms with Crippen LogP contribution >= 0.6 is 15.9 Å². The van der Waals surface area contributed by atoms with Crippen LogP contribution in [0.3, 0.4) is 0 Å². The van der Waals surface area contributed by atoms with Crippen molar-refractivity contribution in [2.75, 3.05) is 11.9 Å². The Kier molecular flexibility index (Phi) is 3.34. The van der Waals surface area contributed by atoms with Gasteiger partial charge in [0, 0.05) is 28.2 Å². The van der Waals surface area contributed by atoms with Gasteiger partial charge in [-0.2, -0.15) is 0 Å². The predicted octanol–water partition coefficient (Wildman–Crippen LogP) is 4.09. The van der Waals surface area contributed by atoms with Crippen LogP contribution < -0.4 is 10.1 Å². The zero-order valence-corrected chi connectivity index (χ0v) is 11.9.